The van der Waals surface area contributed by atoms with Crippen LogP contribution in [0.2, 0.25) is 23.2 Å². The molecule has 5 rings (SSSR count). The van der Waals surface area contributed by atoms with Crippen molar-refractivity contribution in [3.05, 3.63) is 77.3 Å². The van der Waals surface area contributed by atoms with Crippen molar-refractivity contribution in [2.45, 2.75) is 51.5 Å². The van der Waals surface area contributed by atoms with Crippen molar-refractivity contribution < 1.29 is 9.22 Å². The summed E-state index contributed by atoms with van der Waals surface area (Å²) in [7, 11) is -0.197. The molecule has 0 radical (unpaired) electrons. The van der Waals surface area contributed by atoms with Crippen LogP contribution in [-0.4, -0.2) is 50.2 Å². The molecule has 0 bridgehead atoms. The molecule has 4 heterocycles. The summed E-state index contributed by atoms with van der Waals surface area (Å²) in [5.74, 6) is 1.24. The number of carbonyl (C=O) groups excluding carboxylic acids is 1. The van der Waals surface area contributed by atoms with Gasteiger partial charge in [0, 0.05) is 41.8 Å². The molecule has 1 aliphatic heterocycles. The Hall–Kier alpha value is -3.47. The minimum atomic E-state index is -2.04. The Bertz CT molecular complexity index is 1510. The third-order valence-corrected chi connectivity index (χ3v) is 12.4. The number of aromatic nitrogens is 5. The zero-order chi connectivity index (χ0) is 27.9. The number of carbonyl (C=O) groups is 1. The van der Waals surface area contributed by atoms with Gasteiger partial charge in [0.1, 0.15) is 5.82 Å². The molecular formula is C28H34ClN7O2Si. The smallest absolute Gasteiger partial charge is 0.329 e. The molecule has 1 N–H and O–H groups in total. The number of benzene rings is 1. The van der Waals surface area contributed by atoms with E-state index in [4.69, 9.17) is 16.0 Å². The number of hydrogen-bond donors (Lipinski definition) is 1. The zero-order valence-electron chi connectivity index (χ0n) is 23.1. The van der Waals surface area contributed by atoms with Crippen LogP contribution in [0.3, 0.4) is 0 Å². The van der Waals surface area contributed by atoms with E-state index in [1.165, 1.54) is 0 Å². The fraction of sp³-hybridized carbons (Fsp3) is 0.357. The lowest BCUT2D eigenvalue weighted by Crippen LogP contribution is -2.44. The molecule has 4 aromatic rings. The average Bonchev–Trinajstić information content (AvgIpc) is 3.56. The van der Waals surface area contributed by atoms with Crippen LogP contribution < -0.4 is 5.32 Å². The molecule has 1 aromatic carbocycles. The van der Waals surface area contributed by atoms with Crippen molar-refractivity contribution in [2.75, 3.05) is 11.9 Å². The first kappa shape index (κ1) is 27.1. The number of rotatable bonds is 8. The number of hydrogen-bond acceptors (Lipinski definition) is 6. The predicted octanol–water partition coefficient (Wildman–Crippen LogP) is 6.62. The zero-order valence-corrected chi connectivity index (χ0v) is 24.9. The molecular weight excluding hydrogens is 530 g/mol. The monoisotopic (exact) mass is 563 g/mol. The Labute approximate surface area is 234 Å². The number of anilines is 2. The lowest BCUT2D eigenvalue weighted by Gasteiger charge is -2.38. The van der Waals surface area contributed by atoms with Crippen LogP contribution >= 0.6 is 11.6 Å². The Balaban J connectivity index is 1.39. The quantitative estimate of drug-likeness (QED) is 0.242. The van der Waals surface area contributed by atoms with Crippen LogP contribution in [0.4, 0.5) is 16.6 Å². The van der Waals surface area contributed by atoms with Gasteiger partial charge in [-0.15, -0.1) is 0 Å². The molecule has 39 heavy (non-hydrogen) atoms. The van der Waals surface area contributed by atoms with Crippen LogP contribution in [0.15, 0.2) is 61.1 Å². The standard InChI is InChI=1S/C28H34ClN7O2Si/c1-28(2,3)39(5,6)38-18-24(19-8-7-9-21(29)14-19)36-17-22-15-20(16-35(22)27(36)37)23-10-12-30-26(32-23)33-25-11-13-31-34(25)4/h7-16,24H,17-18H2,1-6H3,(H,30,32,33)/t24-/m1/s1. The highest BCUT2D eigenvalue weighted by atomic mass is 35.5. The van der Waals surface area contributed by atoms with Crippen LogP contribution in [0.25, 0.3) is 11.3 Å². The van der Waals surface area contributed by atoms with Gasteiger partial charge in [0.25, 0.3) is 0 Å². The summed E-state index contributed by atoms with van der Waals surface area (Å²) in [6, 6.07) is 13.0. The summed E-state index contributed by atoms with van der Waals surface area (Å²) in [5, 5.41) is 8.03. The van der Waals surface area contributed by atoms with Crippen molar-refractivity contribution in [2.24, 2.45) is 7.05 Å². The lowest BCUT2D eigenvalue weighted by molar-refractivity contribution is 0.144. The maximum absolute atomic E-state index is 13.7. The van der Waals surface area contributed by atoms with Gasteiger partial charge in [-0.3, -0.25) is 9.25 Å². The van der Waals surface area contributed by atoms with Gasteiger partial charge < -0.3 is 14.6 Å². The van der Waals surface area contributed by atoms with Crippen molar-refractivity contribution in [1.29, 1.82) is 0 Å². The fourth-order valence-electron chi connectivity index (χ4n) is 4.35. The lowest BCUT2D eigenvalue weighted by atomic mass is 10.1. The number of nitrogens with one attached hydrogen (secondary N) is 1. The van der Waals surface area contributed by atoms with Gasteiger partial charge in [-0.1, -0.05) is 44.5 Å². The van der Waals surface area contributed by atoms with E-state index >= 15 is 0 Å². The van der Waals surface area contributed by atoms with E-state index in [2.05, 4.69) is 54.2 Å². The molecule has 0 unspecified atom stereocenters. The summed E-state index contributed by atoms with van der Waals surface area (Å²) in [4.78, 5) is 24.6. The maximum Gasteiger partial charge on any atom is 0.329 e. The van der Waals surface area contributed by atoms with E-state index in [0.717, 1.165) is 28.3 Å². The van der Waals surface area contributed by atoms with Crippen LogP contribution in [0.5, 0.6) is 0 Å². The van der Waals surface area contributed by atoms with E-state index < -0.39 is 8.32 Å². The number of halogens is 1. The largest absolute Gasteiger partial charge is 0.414 e. The van der Waals surface area contributed by atoms with Crippen molar-refractivity contribution in [3.63, 3.8) is 0 Å². The van der Waals surface area contributed by atoms with Gasteiger partial charge in [-0.2, -0.15) is 5.10 Å². The summed E-state index contributed by atoms with van der Waals surface area (Å²) in [6.45, 7) is 12.0. The van der Waals surface area contributed by atoms with Gasteiger partial charge in [0.15, 0.2) is 8.32 Å². The van der Waals surface area contributed by atoms with Crippen molar-refractivity contribution in [1.82, 2.24) is 29.2 Å². The second-order valence-corrected chi connectivity index (χ2v) is 16.6. The molecule has 0 spiro atoms. The molecule has 0 saturated heterocycles. The number of fused-ring (bicyclic) bond motifs is 1. The minimum absolute atomic E-state index is 0.0586. The van der Waals surface area contributed by atoms with Crippen LogP contribution in [0, 0.1) is 0 Å². The first-order chi connectivity index (χ1) is 18.4. The number of aryl methyl sites for hydroxylation is 1. The molecule has 1 aliphatic rings. The number of amides is 1. The van der Waals surface area contributed by atoms with Gasteiger partial charge in [0.2, 0.25) is 5.95 Å². The molecule has 11 heteroatoms. The summed E-state index contributed by atoms with van der Waals surface area (Å²) < 4.78 is 10.0. The third kappa shape index (κ3) is 5.50. The highest BCUT2D eigenvalue weighted by Gasteiger charge is 2.40. The first-order valence-electron chi connectivity index (χ1n) is 12.9. The summed E-state index contributed by atoms with van der Waals surface area (Å²) >= 11 is 6.35. The SMILES string of the molecule is Cn1nccc1Nc1nccc(-c2cc3n(c2)C(=O)N([C@H](CO[Si](C)(C)C(C)(C)C)c2cccc(Cl)c2)C3)n1. The Morgan fingerprint density at radius 2 is 1.95 bits per heavy atom. The summed E-state index contributed by atoms with van der Waals surface area (Å²) in [6.07, 6.45) is 5.25. The predicted molar refractivity (Wildman–Crippen MR) is 156 cm³/mol. The van der Waals surface area contributed by atoms with E-state index in [9.17, 15) is 4.79 Å². The highest BCUT2D eigenvalue weighted by molar-refractivity contribution is 6.74. The molecule has 0 saturated carbocycles. The highest BCUT2D eigenvalue weighted by Crippen LogP contribution is 2.39. The van der Waals surface area contributed by atoms with Gasteiger partial charge in [-0.05, 0) is 48.0 Å². The van der Waals surface area contributed by atoms with E-state index in [0.29, 0.717) is 24.1 Å². The molecule has 1 amide bonds. The van der Waals surface area contributed by atoms with Gasteiger partial charge >= 0.3 is 6.03 Å². The Morgan fingerprint density at radius 1 is 1.15 bits per heavy atom. The molecule has 1 atom stereocenters. The van der Waals surface area contributed by atoms with Crippen molar-refractivity contribution in [3.8, 4) is 11.3 Å². The molecule has 3 aromatic heterocycles. The maximum atomic E-state index is 13.7. The van der Waals surface area contributed by atoms with Crippen LogP contribution in [-0.2, 0) is 18.0 Å². The normalized spacial score (nSPS) is 14.5. The summed E-state index contributed by atoms with van der Waals surface area (Å²) in [5.41, 5.74) is 3.44. The van der Waals surface area contributed by atoms with Gasteiger partial charge in [-0.25, -0.2) is 14.8 Å². The molecule has 9 nitrogen and oxygen atoms in total. The average molecular weight is 564 g/mol. The first-order valence-corrected chi connectivity index (χ1v) is 16.2. The van der Waals surface area contributed by atoms with Crippen molar-refractivity contribution >= 4 is 37.7 Å². The van der Waals surface area contributed by atoms with E-state index in [1.54, 1.807) is 21.6 Å². The second-order valence-electron chi connectivity index (χ2n) is 11.4. The Morgan fingerprint density at radius 3 is 2.62 bits per heavy atom. The fourth-order valence-corrected chi connectivity index (χ4v) is 5.55. The molecule has 0 fully saturated rings. The van der Waals surface area contributed by atoms with Gasteiger partial charge in [0.05, 0.1) is 31.1 Å². The Kier molecular flexibility index (Phi) is 7.13. The topological polar surface area (TPSA) is 90.1 Å². The van der Waals surface area contributed by atoms with E-state index in [-0.39, 0.29) is 17.1 Å². The third-order valence-electron chi connectivity index (χ3n) is 7.71. The molecule has 0 aliphatic carbocycles. The number of nitrogens with zero attached hydrogens (tertiary/aromatic N) is 6. The van der Waals surface area contributed by atoms with E-state index in [1.807, 2.05) is 60.6 Å². The molecule has 204 valence electrons. The minimum Gasteiger partial charge on any atom is -0.414 e. The second kappa shape index (κ2) is 10.3. The van der Waals surface area contributed by atoms with Crippen LogP contribution in [0.1, 0.15) is 38.1 Å².